The summed E-state index contributed by atoms with van der Waals surface area (Å²) in [4.78, 5) is 44.7. The number of amides is 1. The molecule has 0 saturated heterocycles. The predicted molar refractivity (Wildman–Crippen MR) is 112 cm³/mol. The average Bonchev–Trinajstić information content (AvgIpc) is 2.67. The summed E-state index contributed by atoms with van der Waals surface area (Å²) < 4.78 is 5.25. The Morgan fingerprint density at radius 3 is 2.41 bits per heavy atom. The molecule has 0 spiro atoms. The van der Waals surface area contributed by atoms with E-state index in [1.54, 1.807) is 24.3 Å². The normalized spacial score (nSPS) is 11.6. The number of carbonyl (C=O) groups is 3. The molecule has 1 aromatic heterocycles. The van der Waals surface area contributed by atoms with Crippen LogP contribution in [0.25, 0.3) is 0 Å². The molecular formula is C21H25N3O4S. The van der Waals surface area contributed by atoms with Crippen molar-refractivity contribution in [2.75, 3.05) is 11.6 Å². The maximum Gasteiger partial charge on any atom is 0.306 e. The van der Waals surface area contributed by atoms with Crippen LogP contribution in [0, 0.1) is 13.8 Å². The Labute approximate surface area is 174 Å². The third-order valence-corrected chi connectivity index (χ3v) is 4.92. The van der Waals surface area contributed by atoms with Crippen molar-refractivity contribution in [3.8, 4) is 0 Å². The number of nitrogens with one attached hydrogen (secondary N) is 1. The van der Waals surface area contributed by atoms with Gasteiger partial charge in [-0.3, -0.25) is 14.4 Å². The highest BCUT2D eigenvalue weighted by Crippen LogP contribution is 2.17. The molecule has 2 rings (SSSR count). The van der Waals surface area contributed by atoms with E-state index in [-0.39, 0.29) is 12.2 Å². The first-order chi connectivity index (χ1) is 13.7. The van der Waals surface area contributed by atoms with E-state index >= 15 is 0 Å². The van der Waals surface area contributed by atoms with Crippen LogP contribution in [0.5, 0.6) is 0 Å². The molecule has 0 aliphatic rings. The number of Topliss-reactive ketones (excluding diaryl/α,β-unsaturated/α-hetero) is 1. The molecular weight excluding hydrogens is 390 g/mol. The van der Waals surface area contributed by atoms with E-state index in [0.29, 0.717) is 22.8 Å². The Hall–Kier alpha value is -2.74. The van der Waals surface area contributed by atoms with Crippen LogP contribution in [0.2, 0.25) is 0 Å². The number of nitrogens with zero attached hydrogens (tertiary/aromatic N) is 2. The van der Waals surface area contributed by atoms with Crippen LogP contribution >= 0.6 is 11.8 Å². The van der Waals surface area contributed by atoms with Crippen LogP contribution in [-0.2, 0) is 20.7 Å². The van der Waals surface area contributed by atoms with Gasteiger partial charge in [-0.05, 0) is 58.1 Å². The van der Waals surface area contributed by atoms with Crippen LogP contribution in [0.3, 0.4) is 0 Å². The first-order valence-corrected chi connectivity index (χ1v) is 10.4. The second-order valence-electron chi connectivity index (χ2n) is 6.62. The molecule has 0 bridgehead atoms. The van der Waals surface area contributed by atoms with Crippen molar-refractivity contribution in [1.29, 1.82) is 0 Å². The fourth-order valence-electron chi connectivity index (χ4n) is 2.76. The molecule has 8 heteroatoms. The first kappa shape index (κ1) is 22.5. The summed E-state index contributed by atoms with van der Waals surface area (Å²) in [5.74, 6) is -1.03. The Bertz CT molecular complexity index is 907. The number of ketones is 1. The van der Waals surface area contributed by atoms with Gasteiger partial charge >= 0.3 is 5.97 Å². The lowest BCUT2D eigenvalue weighted by molar-refractivity contribution is -0.153. The quantitative estimate of drug-likeness (QED) is 0.305. The van der Waals surface area contributed by atoms with Gasteiger partial charge in [0.2, 0.25) is 0 Å². The number of hydrogen-bond donors (Lipinski definition) is 1. The van der Waals surface area contributed by atoms with Gasteiger partial charge < -0.3 is 10.1 Å². The number of aromatic nitrogens is 2. The van der Waals surface area contributed by atoms with Gasteiger partial charge in [0, 0.05) is 29.1 Å². The zero-order chi connectivity index (χ0) is 21.6. The molecule has 2 aromatic rings. The summed E-state index contributed by atoms with van der Waals surface area (Å²) >= 11 is 1.47. The van der Waals surface area contributed by atoms with Gasteiger partial charge in [0.1, 0.15) is 0 Å². The van der Waals surface area contributed by atoms with Gasteiger partial charge in [-0.25, -0.2) is 9.97 Å². The van der Waals surface area contributed by atoms with Crippen LogP contribution in [-0.4, -0.2) is 40.0 Å². The number of ether oxygens (including phenoxy) is 1. The summed E-state index contributed by atoms with van der Waals surface area (Å²) in [6.07, 6.45) is 1.52. The lowest BCUT2D eigenvalue weighted by Crippen LogP contribution is -2.30. The Kier molecular flexibility index (Phi) is 7.90. The van der Waals surface area contributed by atoms with E-state index < -0.39 is 18.0 Å². The van der Waals surface area contributed by atoms with Crippen molar-refractivity contribution in [3.63, 3.8) is 0 Å². The van der Waals surface area contributed by atoms with Gasteiger partial charge in [-0.2, -0.15) is 0 Å². The molecule has 0 aliphatic carbocycles. The van der Waals surface area contributed by atoms with Crippen molar-refractivity contribution >= 4 is 35.1 Å². The van der Waals surface area contributed by atoms with Crippen molar-refractivity contribution in [2.24, 2.45) is 0 Å². The summed E-state index contributed by atoms with van der Waals surface area (Å²) in [5.41, 5.74) is 3.56. The molecule has 7 nitrogen and oxygen atoms in total. The standard InChI is InChI=1S/C21H25N3O4S/c1-12-18(13(2)23-21(22-12)29-5)9-10-19(26)28-15(4)20(27)24-17-8-6-7-16(11-17)14(3)25/h6-8,11,15H,9-10H2,1-5H3,(H,24,27)/t15-/m1/s1. The highest BCUT2D eigenvalue weighted by atomic mass is 32.2. The van der Waals surface area contributed by atoms with E-state index in [9.17, 15) is 14.4 Å². The summed E-state index contributed by atoms with van der Waals surface area (Å²) in [7, 11) is 0. The molecule has 154 valence electrons. The van der Waals surface area contributed by atoms with Crippen LogP contribution in [0.15, 0.2) is 29.4 Å². The third kappa shape index (κ3) is 6.39. The molecule has 0 unspecified atom stereocenters. The monoisotopic (exact) mass is 415 g/mol. The lowest BCUT2D eigenvalue weighted by Gasteiger charge is -2.14. The number of anilines is 1. The van der Waals surface area contributed by atoms with E-state index in [4.69, 9.17) is 4.74 Å². The van der Waals surface area contributed by atoms with E-state index in [1.807, 2.05) is 20.1 Å². The largest absolute Gasteiger partial charge is 0.453 e. The molecule has 1 heterocycles. The van der Waals surface area contributed by atoms with Crippen molar-refractivity contribution in [3.05, 3.63) is 46.8 Å². The molecule has 0 fully saturated rings. The minimum absolute atomic E-state index is 0.0966. The number of rotatable bonds is 8. The summed E-state index contributed by atoms with van der Waals surface area (Å²) in [6, 6.07) is 6.60. The van der Waals surface area contributed by atoms with E-state index in [1.165, 1.54) is 25.6 Å². The zero-order valence-electron chi connectivity index (χ0n) is 17.2. The van der Waals surface area contributed by atoms with E-state index in [0.717, 1.165) is 17.0 Å². The smallest absolute Gasteiger partial charge is 0.306 e. The fraction of sp³-hybridized carbons (Fsp3) is 0.381. The zero-order valence-corrected chi connectivity index (χ0v) is 18.1. The molecule has 1 amide bonds. The number of esters is 1. The van der Waals surface area contributed by atoms with Gasteiger partial charge in [0.15, 0.2) is 17.0 Å². The maximum absolute atomic E-state index is 12.3. The van der Waals surface area contributed by atoms with Gasteiger partial charge in [0.05, 0.1) is 0 Å². The van der Waals surface area contributed by atoms with Crippen LogP contribution in [0.1, 0.15) is 47.6 Å². The van der Waals surface area contributed by atoms with Crippen LogP contribution < -0.4 is 5.32 Å². The third-order valence-electron chi connectivity index (χ3n) is 4.38. The van der Waals surface area contributed by atoms with Crippen molar-refractivity contribution < 1.29 is 19.1 Å². The van der Waals surface area contributed by atoms with Crippen molar-refractivity contribution in [2.45, 2.75) is 51.8 Å². The SMILES string of the molecule is CSc1nc(C)c(CCC(=O)O[C@H](C)C(=O)Nc2cccc(C(C)=O)c2)c(C)n1. The predicted octanol–water partition coefficient (Wildman–Crippen LogP) is 3.52. The fourth-order valence-corrected chi connectivity index (χ4v) is 3.21. The molecule has 29 heavy (non-hydrogen) atoms. The number of aryl methyl sites for hydroxylation is 2. The highest BCUT2D eigenvalue weighted by molar-refractivity contribution is 7.98. The highest BCUT2D eigenvalue weighted by Gasteiger charge is 2.19. The number of hydrogen-bond acceptors (Lipinski definition) is 7. The second-order valence-corrected chi connectivity index (χ2v) is 7.39. The van der Waals surface area contributed by atoms with Gasteiger partial charge in [-0.1, -0.05) is 23.9 Å². The number of thioether (sulfide) groups is 1. The van der Waals surface area contributed by atoms with E-state index in [2.05, 4.69) is 15.3 Å². The Balaban J connectivity index is 1.91. The topological polar surface area (TPSA) is 98.2 Å². The average molecular weight is 416 g/mol. The molecule has 1 N–H and O–H groups in total. The summed E-state index contributed by atoms with van der Waals surface area (Å²) in [5, 5.41) is 3.36. The molecule has 0 aliphatic heterocycles. The Morgan fingerprint density at radius 2 is 1.83 bits per heavy atom. The van der Waals surface area contributed by atoms with Crippen LogP contribution in [0.4, 0.5) is 5.69 Å². The molecule has 1 atom stereocenters. The summed E-state index contributed by atoms with van der Waals surface area (Å²) in [6.45, 7) is 6.74. The number of carbonyl (C=O) groups excluding carboxylic acids is 3. The minimum Gasteiger partial charge on any atom is -0.453 e. The second kappa shape index (κ2) is 10.2. The molecule has 0 saturated carbocycles. The maximum atomic E-state index is 12.3. The number of benzene rings is 1. The van der Waals surface area contributed by atoms with Gasteiger partial charge in [-0.15, -0.1) is 0 Å². The van der Waals surface area contributed by atoms with Crippen molar-refractivity contribution in [1.82, 2.24) is 9.97 Å². The van der Waals surface area contributed by atoms with Gasteiger partial charge in [0.25, 0.3) is 5.91 Å². The lowest BCUT2D eigenvalue weighted by atomic mass is 10.1. The molecule has 1 aromatic carbocycles. The molecule has 0 radical (unpaired) electrons. The minimum atomic E-state index is -0.958. The first-order valence-electron chi connectivity index (χ1n) is 9.20. The Morgan fingerprint density at radius 1 is 1.17 bits per heavy atom.